The second-order valence-electron chi connectivity index (χ2n) is 7.28. The highest BCUT2D eigenvalue weighted by Gasteiger charge is 2.37. The number of benzene rings is 1. The number of nitrogens with zero attached hydrogens (tertiary/aromatic N) is 2. The first-order valence-corrected chi connectivity index (χ1v) is 9.42. The summed E-state index contributed by atoms with van der Waals surface area (Å²) >= 11 is 0. The quantitative estimate of drug-likeness (QED) is 0.851. The smallest absolute Gasteiger partial charge is 0.289 e. The Morgan fingerprint density at radius 1 is 1.00 bits per heavy atom. The first kappa shape index (κ1) is 16.4. The predicted octanol–water partition coefficient (Wildman–Crippen LogP) is 3.80. The molecule has 2 aliphatic rings. The van der Waals surface area contributed by atoms with Crippen LogP contribution in [-0.2, 0) is 6.54 Å². The predicted molar refractivity (Wildman–Crippen MR) is 97.2 cm³/mol. The van der Waals surface area contributed by atoms with E-state index in [9.17, 15) is 4.79 Å². The van der Waals surface area contributed by atoms with Gasteiger partial charge in [-0.2, -0.15) is 0 Å². The minimum Gasteiger partial charge on any atom is -0.459 e. The lowest BCUT2D eigenvalue weighted by Gasteiger charge is -2.38. The third-order valence-corrected chi connectivity index (χ3v) is 5.72. The maximum atomic E-state index is 12.7. The van der Waals surface area contributed by atoms with Crippen LogP contribution >= 0.6 is 0 Å². The molecule has 0 radical (unpaired) electrons. The molecule has 2 aliphatic heterocycles. The summed E-state index contributed by atoms with van der Waals surface area (Å²) < 4.78 is 5.33. The van der Waals surface area contributed by atoms with Crippen LogP contribution in [0.3, 0.4) is 0 Å². The molecule has 4 rings (SSSR count). The van der Waals surface area contributed by atoms with Crippen LogP contribution in [0.4, 0.5) is 0 Å². The lowest BCUT2D eigenvalue weighted by Crippen LogP contribution is -2.44. The molecular weight excluding hydrogens is 312 g/mol. The van der Waals surface area contributed by atoms with Crippen molar-refractivity contribution < 1.29 is 9.21 Å². The van der Waals surface area contributed by atoms with Gasteiger partial charge in [-0.05, 0) is 62.4 Å². The van der Waals surface area contributed by atoms with Gasteiger partial charge in [0.15, 0.2) is 5.76 Å². The number of carbonyl (C=O) groups is 1. The van der Waals surface area contributed by atoms with Crippen molar-refractivity contribution in [2.24, 2.45) is 5.92 Å². The van der Waals surface area contributed by atoms with Crippen LogP contribution < -0.4 is 0 Å². The van der Waals surface area contributed by atoms with Crippen LogP contribution in [0, 0.1) is 5.92 Å². The summed E-state index contributed by atoms with van der Waals surface area (Å²) in [5.74, 6) is 1.17. The van der Waals surface area contributed by atoms with Gasteiger partial charge in [0.25, 0.3) is 5.91 Å². The van der Waals surface area contributed by atoms with Crippen LogP contribution in [0.1, 0.15) is 41.8 Å². The van der Waals surface area contributed by atoms with E-state index in [1.54, 1.807) is 18.4 Å². The summed E-state index contributed by atoms with van der Waals surface area (Å²) in [6, 6.07) is 14.6. The van der Waals surface area contributed by atoms with Crippen LogP contribution in [0.15, 0.2) is 53.1 Å². The van der Waals surface area contributed by atoms with Crippen LogP contribution in [0.2, 0.25) is 0 Å². The lowest BCUT2D eigenvalue weighted by atomic mass is 9.87. The molecule has 0 unspecified atom stereocenters. The van der Waals surface area contributed by atoms with Gasteiger partial charge in [0.2, 0.25) is 0 Å². The van der Waals surface area contributed by atoms with Gasteiger partial charge < -0.3 is 9.32 Å². The summed E-state index contributed by atoms with van der Waals surface area (Å²) in [7, 11) is 0. The summed E-state index contributed by atoms with van der Waals surface area (Å²) in [5, 5.41) is 0. The summed E-state index contributed by atoms with van der Waals surface area (Å²) in [6.45, 7) is 4.15. The third kappa shape index (κ3) is 3.64. The zero-order valence-electron chi connectivity index (χ0n) is 14.6. The van der Waals surface area contributed by atoms with Gasteiger partial charge in [-0.15, -0.1) is 0 Å². The average Bonchev–Trinajstić information content (AvgIpc) is 3.35. The Morgan fingerprint density at radius 2 is 1.80 bits per heavy atom. The topological polar surface area (TPSA) is 36.7 Å². The van der Waals surface area contributed by atoms with Gasteiger partial charge in [0, 0.05) is 19.1 Å². The molecule has 2 saturated heterocycles. The van der Waals surface area contributed by atoms with Crippen LogP contribution in [0.5, 0.6) is 0 Å². The zero-order valence-corrected chi connectivity index (χ0v) is 14.6. The summed E-state index contributed by atoms with van der Waals surface area (Å²) in [4.78, 5) is 17.3. The van der Waals surface area contributed by atoms with Crippen molar-refractivity contribution in [3.63, 3.8) is 0 Å². The number of hydrogen-bond acceptors (Lipinski definition) is 3. The maximum absolute atomic E-state index is 12.7. The highest BCUT2D eigenvalue weighted by molar-refractivity contribution is 5.91. The van der Waals surface area contributed by atoms with Gasteiger partial charge >= 0.3 is 0 Å². The minimum absolute atomic E-state index is 0.0687. The van der Waals surface area contributed by atoms with E-state index in [0.717, 1.165) is 39.0 Å². The van der Waals surface area contributed by atoms with E-state index in [4.69, 9.17) is 4.42 Å². The van der Waals surface area contributed by atoms with E-state index in [1.807, 2.05) is 0 Å². The lowest BCUT2D eigenvalue weighted by molar-refractivity contribution is 0.0584. The van der Waals surface area contributed by atoms with E-state index >= 15 is 0 Å². The summed E-state index contributed by atoms with van der Waals surface area (Å²) in [6.07, 6.45) is 6.19. The van der Waals surface area contributed by atoms with Gasteiger partial charge in [0.05, 0.1) is 6.26 Å². The Kier molecular flexibility index (Phi) is 4.88. The van der Waals surface area contributed by atoms with Crippen molar-refractivity contribution in [3.8, 4) is 0 Å². The Bertz CT molecular complexity index is 675. The molecule has 2 fully saturated rings. The molecule has 1 amide bonds. The molecular formula is C21H26N2O2. The fraction of sp³-hybridized carbons (Fsp3) is 0.476. The van der Waals surface area contributed by atoms with Crippen molar-refractivity contribution in [2.75, 3.05) is 19.6 Å². The van der Waals surface area contributed by atoms with Crippen LogP contribution in [0.25, 0.3) is 0 Å². The van der Waals surface area contributed by atoms with Gasteiger partial charge in [0.1, 0.15) is 0 Å². The number of piperidine rings is 1. The second-order valence-corrected chi connectivity index (χ2v) is 7.28. The Balaban J connectivity index is 1.34. The number of carbonyl (C=O) groups excluding carboxylic acids is 1. The van der Waals surface area contributed by atoms with E-state index in [1.165, 1.54) is 18.4 Å². The van der Waals surface area contributed by atoms with Crippen molar-refractivity contribution in [2.45, 2.75) is 38.3 Å². The Hall–Kier alpha value is -2.07. The molecule has 1 aromatic heterocycles. The van der Waals surface area contributed by atoms with Gasteiger partial charge in [-0.3, -0.25) is 9.69 Å². The summed E-state index contributed by atoms with van der Waals surface area (Å²) in [5.41, 5.74) is 1.39. The molecule has 3 heterocycles. The molecule has 132 valence electrons. The maximum Gasteiger partial charge on any atom is 0.289 e. The van der Waals surface area contributed by atoms with Crippen molar-refractivity contribution in [3.05, 3.63) is 60.1 Å². The molecule has 4 heteroatoms. The number of hydrogen-bond donors (Lipinski definition) is 0. The largest absolute Gasteiger partial charge is 0.459 e. The molecule has 0 spiro atoms. The van der Waals surface area contributed by atoms with Gasteiger partial charge in [-0.1, -0.05) is 30.3 Å². The van der Waals surface area contributed by atoms with E-state index in [2.05, 4.69) is 40.1 Å². The van der Waals surface area contributed by atoms with E-state index in [-0.39, 0.29) is 5.91 Å². The van der Waals surface area contributed by atoms with Gasteiger partial charge in [-0.25, -0.2) is 0 Å². The standard InChI is InChI=1S/C21H26N2O2/c24-21(20-9-5-15-25-20)23-12-4-8-19(23)18-10-13-22(14-11-18)16-17-6-2-1-3-7-17/h1-3,5-7,9,15,18-19H,4,8,10-14,16H2/t19-/m1/s1. The number of rotatable bonds is 4. The minimum atomic E-state index is 0.0687. The monoisotopic (exact) mass is 338 g/mol. The molecule has 25 heavy (non-hydrogen) atoms. The molecule has 1 aromatic carbocycles. The molecule has 0 bridgehead atoms. The molecule has 0 saturated carbocycles. The highest BCUT2D eigenvalue weighted by atomic mass is 16.3. The normalized spacial score (nSPS) is 22.4. The van der Waals surface area contributed by atoms with E-state index in [0.29, 0.717) is 17.7 Å². The average molecular weight is 338 g/mol. The second kappa shape index (κ2) is 7.44. The van der Waals surface area contributed by atoms with Crippen LogP contribution in [-0.4, -0.2) is 41.4 Å². The Morgan fingerprint density at radius 3 is 2.52 bits per heavy atom. The highest BCUT2D eigenvalue weighted by Crippen LogP contribution is 2.32. The van der Waals surface area contributed by atoms with Crippen molar-refractivity contribution in [1.82, 2.24) is 9.80 Å². The first-order valence-electron chi connectivity index (χ1n) is 9.42. The zero-order chi connectivity index (χ0) is 17.1. The first-order chi connectivity index (χ1) is 12.3. The fourth-order valence-electron chi connectivity index (χ4n) is 4.41. The van der Waals surface area contributed by atoms with E-state index < -0.39 is 0 Å². The van der Waals surface area contributed by atoms with Crippen molar-refractivity contribution in [1.29, 1.82) is 0 Å². The molecule has 4 nitrogen and oxygen atoms in total. The van der Waals surface area contributed by atoms with Crippen molar-refractivity contribution >= 4 is 5.91 Å². The number of amides is 1. The molecule has 0 N–H and O–H groups in total. The third-order valence-electron chi connectivity index (χ3n) is 5.72. The number of likely N-dealkylation sites (tertiary alicyclic amines) is 2. The molecule has 2 aromatic rings. The SMILES string of the molecule is O=C(c1ccco1)N1CCC[C@@H]1C1CCN(Cc2ccccc2)CC1. The Labute approximate surface area is 149 Å². The molecule has 1 atom stereocenters. The number of furan rings is 1. The molecule has 0 aliphatic carbocycles. The fourth-order valence-corrected chi connectivity index (χ4v) is 4.41.